The maximum absolute atomic E-state index is 9.80. The van der Waals surface area contributed by atoms with E-state index < -0.39 is 0 Å². The molecule has 1 aromatic rings. The van der Waals surface area contributed by atoms with Gasteiger partial charge < -0.3 is 10.0 Å². The Morgan fingerprint density at radius 1 is 1.26 bits per heavy atom. The van der Waals surface area contributed by atoms with Crippen molar-refractivity contribution in [1.29, 1.82) is 0 Å². The SMILES string of the molecule is CN1C2CCC1[C@@H](CO)C(c1ccc(Cl)c(Cl)c1)C2. The number of hydrogen-bond donors (Lipinski definition) is 1. The standard InChI is InChI=1S/C15H19Cl2NO/c1-18-10-3-5-15(18)12(8-19)11(7-10)9-2-4-13(16)14(17)6-9/h2,4,6,10-12,15,19H,3,5,7-8H2,1H3/t10?,11?,12-,15?/m0/s1. The van der Waals surface area contributed by atoms with Crippen molar-refractivity contribution in [3.8, 4) is 0 Å². The summed E-state index contributed by atoms with van der Waals surface area (Å²) >= 11 is 12.1. The van der Waals surface area contributed by atoms with Gasteiger partial charge in [-0.25, -0.2) is 0 Å². The minimum Gasteiger partial charge on any atom is -0.396 e. The largest absolute Gasteiger partial charge is 0.396 e. The van der Waals surface area contributed by atoms with E-state index in [-0.39, 0.29) is 6.61 Å². The molecule has 1 aromatic carbocycles. The second kappa shape index (κ2) is 5.25. The minimum absolute atomic E-state index is 0.243. The zero-order valence-corrected chi connectivity index (χ0v) is 12.5. The van der Waals surface area contributed by atoms with E-state index in [4.69, 9.17) is 23.2 Å². The Kier molecular flexibility index (Phi) is 3.78. The molecular formula is C15H19Cl2NO. The monoisotopic (exact) mass is 299 g/mol. The fourth-order valence-corrected chi connectivity index (χ4v) is 4.26. The zero-order valence-electron chi connectivity index (χ0n) is 11.0. The summed E-state index contributed by atoms with van der Waals surface area (Å²) in [5.74, 6) is 0.703. The van der Waals surface area contributed by atoms with Gasteiger partial charge in [0.2, 0.25) is 0 Å². The van der Waals surface area contributed by atoms with E-state index in [9.17, 15) is 5.11 Å². The summed E-state index contributed by atoms with van der Waals surface area (Å²) in [6, 6.07) is 7.05. The molecule has 0 amide bonds. The smallest absolute Gasteiger partial charge is 0.0595 e. The first-order valence-electron chi connectivity index (χ1n) is 6.89. The maximum atomic E-state index is 9.80. The first kappa shape index (κ1) is 13.7. The lowest BCUT2D eigenvalue weighted by Crippen LogP contribution is -2.47. The van der Waals surface area contributed by atoms with Crippen molar-refractivity contribution in [3.05, 3.63) is 33.8 Å². The Balaban J connectivity index is 1.93. The van der Waals surface area contributed by atoms with Crippen LogP contribution in [-0.2, 0) is 0 Å². The topological polar surface area (TPSA) is 23.5 Å². The quantitative estimate of drug-likeness (QED) is 0.903. The van der Waals surface area contributed by atoms with E-state index >= 15 is 0 Å². The molecule has 0 aromatic heterocycles. The zero-order chi connectivity index (χ0) is 13.6. The van der Waals surface area contributed by atoms with Crippen molar-refractivity contribution < 1.29 is 5.11 Å². The molecule has 1 N–H and O–H groups in total. The van der Waals surface area contributed by atoms with E-state index in [1.54, 1.807) is 0 Å². The number of aliphatic hydroxyl groups excluding tert-OH is 1. The number of nitrogens with zero attached hydrogens (tertiary/aromatic N) is 1. The number of benzene rings is 1. The van der Waals surface area contributed by atoms with Crippen LogP contribution in [0.3, 0.4) is 0 Å². The van der Waals surface area contributed by atoms with Crippen molar-refractivity contribution in [2.24, 2.45) is 5.92 Å². The number of rotatable bonds is 2. The summed E-state index contributed by atoms with van der Waals surface area (Å²) in [5.41, 5.74) is 1.22. The van der Waals surface area contributed by atoms with Gasteiger partial charge in [0.1, 0.15) is 0 Å². The lowest BCUT2D eigenvalue weighted by atomic mass is 9.76. The van der Waals surface area contributed by atoms with Gasteiger partial charge in [-0.05, 0) is 49.9 Å². The molecule has 2 nitrogen and oxygen atoms in total. The molecule has 2 heterocycles. The van der Waals surface area contributed by atoms with Gasteiger partial charge in [-0.2, -0.15) is 0 Å². The molecular weight excluding hydrogens is 281 g/mol. The predicted octanol–water partition coefficient (Wildman–Crippen LogP) is 3.55. The molecule has 0 radical (unpaired) electrons. The fraction of sp³-hybridized carbons (Fsp3) is 0.600. The average molecular weight is 300 g/mol. The van der Waals surface area contributed by atoms with Gasteiger partial charge in [0.25, 0.3) is 0 Å². The van der Waals surface area contributed by atoms with Crippen LogP contribution in [0, 0.1) is 5.92 Å². The number of fused-ring (bicyclic) bond motifs is 2. The van der Waals surface area contributed by atoms with E-state index in [2.05, 4.69) is 18.0 Å². The Morgan fingerprint density at radius 2 is 2.05 bits per heavy atom. The average Bonchev–Trinajstić information content (AvgIpc) is 2.65. The molecule has 0 saturated carbocycles. The molecule has 0 aliphatic carbocycles. The molecule has 104 valence electrons. The molecule has 4 heteroatoms. The lowest BCUT2D eigenvalue weighted by Gasteiger charge is -2.42. The normalized spacial score (nSPS) is 34.7. The van der Waals surface area contributed by atoms with Crippen LogP contribution in [0.2, 0.25) is 10.0 Å². The Hall–Kier alpha value is -0.280. The van der Waals surface area contributed by atoms with Gasteiger partial charge in [-0.3, -0.25) is 0 Å². The molecule has 2 aliphatic rings. The fourth-order valence-electron chi connectivity index (χ4n) is 3.95. The number of hydrogen-bond acceptors (Lipinski definition) is 2. The van der Waals surface area contributed by atoms with Crippen LogP contribution in [0.25, 0.3) is 0 Å². The molecule has 0 spiro atoms. The van der Waals surface area contributed by atoms with Gasteiger partial charge in [0.15, 0.2) is 0 Å². The van der Waals surface area contributed by atoms with Gasteiger partial charge in [-0.15, -0.1) is 0 Å². The Bertz CT molecular complexity index is 479. The van der Waals surface area contributed by atoms with Crippen LogP contribution in [0.5, 0.6) is 0 Å². The minimum atomic E-state index is 0.243. The first-order chi connectivity index (χ1) is 9.11. The van der Waals surface area contributed by atoms with Crippen LogP contribution in [0.15, 0.2) is 18.2 Å². The number of halogens is 2. The van der Waals surface area contributed by atoms with E-state index in [0.717, 1.165) is 6.42 Å². The Morgan fingerprint density at radius 3 is 2.74 bits per heavy atom. The lowest BCUT2D eigenvalue weighted by molar-refractivity contribution is 0.0592. The van der Waals surface area contributed by atoms with Crippen LogP contribution in [-0.4, -0.2) is 35.7 Å². The van der Waals surface area contributed by atoms with Gasteiger partial charge in [0.05, 0.1) is 10.0 Å². The van der Waals surface area contributed by atoms with Crippen molar-refractivity contribution in [1.82, 2.24) is 4.90 Å². The maximum Gasteiger partial charge on any atom is 0.0595 e. The number of piperidine rings is 1. The van der Waals surface area contributed by atoms with Crippen molar-refractivity contribution in [3.63, 3.8) is 0 Å². The van der Waals surface area contributed by atoms with Gasteiger partial charge in [-0.1, -0.05) is 29.3 Å². The molecule has 4 atom stereocenters. The summed E-state index contributed by atoms with van der Waals surface area (Å²) in [4.78, 5) is 2.45. The van der Waals surface area contributed by atoms with Crippen LogP contribution < -0.4 is 0 Å². The van der Waals surface area contributed by atoms with Gasteiger partial charge >= 0.3 is 0 Å². The molecule has 3 unspecified atom stereocenters. The van der Waals surface area contributed by atoms with Crippen molar-refractivity contribution in [2.75, 3.05) is 13.7 Å². The molecule has 2 saturated heterocycles. The second-order valence-corrected chi connectivity index (χ2v) is 6.64. The second-order valence-electron chi connectivity index (χ2n) is 5.83. The summed E-state index contributed by atoms with van der Waals surface area (Å²) in [7, 11) is 2.19. The summed E-state index contributed by atoms with van der Waals surface area (Å²) < 4.78 is 0. The highest BCUT2D eigenvalue weighted by Gasteiger charge is 2.45. The van der Waals surface area contributed by atoms with E-state index in [0.29, 0.717) is 34.0 Å². The summed E-state index contributed by atoms with van der Waals surface area (Å²) in [6.45, 7) is 0.243. The predicted molar refractivity (Wildman–Crippen MR) is 79.0 cm³/mol. The molecule has 2 fully saturated rings. The summed E-state index contributed by atoms with van der Waals surface area (Å²) in [6.07, 6.45) is 3.55. The molecule has 19 heavy (non-hydrogen) atoms. The Labute approximate surface area is 124 Å². The van der Waals surface area contributed by atoms with E-state index in [1.165, 1.54) is 18.4 Å². The highest BCUT2D eigenvalue weighted by Crippen LogP contribution is 2.46. The highest BCUT2D eigenvalue weighted by atomic mass is 35.5. The van der Waals surface area contributed by atoms with Crippen molar-refractivity contribution in [2.45, 2.75) is 37.3 Å². The molecule has 2 aliphatic heterocycles. The van der Waals surface area contributed by atoms with Gasteiger partial charge in [0, 0.05) is 24.6 Å². The first-order valence-corrected chi connectivity index (χ1v) is 7.65. The van der Waals surface area contributed by atoms with Crippen LogP contribution >= 0.6 is 23.2 Å². The van der Waals surface area contributed by atoms with Crippen LogP contribution in [0.1, 0.15) is 30.7 Å². The van der Waals surface area contributed by atoms with Crippen LogP contribution in [0.4, 0.5) is 0 Å². The summed E-state index contributed by atoms with van der Waals surface area (Å²) in [5, 5.41) is 11.0. The van der Waals surface area contributed by atoms with E-state index in [1.807, 2.05) is 12.1 Å². The molecule has 3 rings (SSSR count). The third-order valence-corrected chi connectivity index (χ3v) is 5.75. The third kappa shape index (κ3) is 2.29. The highest BCUT2D eigenvalue weighted by molar-refractivity contribution is 6.42. The molecule has 2 bridgehead atoms. The number of aliphatic hydroxyl groups is 1. The third-order valence-electron chi connectivity index (χ3n) is 5.01. The van der Waals surface area contributed by atoms with Crippen molar-refractivity contribution >= 4 is 23.2 Å².